The first-order chi connectivity index (χ1) is 10.3. The van der Waals surface area contributed by atoms with Crippen LogP contribution in [0, 0.1) is 0 Å². The predicted octanol–water partition coefficient (Wildman–Crippen LogP) is 1.48. The minimum Gasteiger partial charge on any atom is -0.481 e. The quantitative estimate of drug-likeness (QED) is 0.636. The normalized spacial score (nSPS) is 14.3. The van der Waals surface area contributed by atoms with Crippen molar-refractivity contribution in [2.75, 3.05) is 11.9 Å². The van der Waals surface area contributed by atoms with E-state index < -0.39 is 16.0 Å². The van der Waals surface area contributed by atoms with Gasteiger partial charge in [-0.15, -0.1) is 0 Å². The second-order valence-electron chi connectivity index (χ2n) is 4.88. The van der Waals surface area contributed by atoms with Crippen LogP contribution in [0.3, 0.4) is 0 Å². The van der Waals surface area contributed by atoms with Gasteiger partial charge in [-0.2, -0.15) is 0 Å². The van der Waals surface area contributed by atoms with Gasteiger partial charge < -0.3 is 10.4 Å². The van der Waals surface area contributed by atoms with Crippen molar-refractivity contribution in [3.8, 4) is 0 Å². The average molecular weight is 391 g/mol. The van der Waals surface area contributed by atoms with Gasteiger partial charge in [0.05, 0.1) is 4.90 Å². The third-order valence-corrected chi connectivity index (χ3v) is 5.62. The van der Waals surface area contributed by atoms with Crippen LogP contribution < -0.4 is 10.0 Å². The monoisotopic (exact) mass is 390 g/mol. The lowest BCUT2D eigenvalue weighted by atomic mass is 10.0. The lowest BCUT2D eigenvalue weighted by Crippen LogP contribution is -2.26. The summed E-state index contributed by atoms with van der Waals surface area (Å²) in [4.78, 5) is 21.8. The molecule has 1 heterocycles. The predicted molar refractivity (Wildman–Crippen MR) is 83.2 cm³/mol. The number of hydrogen-bond acceptors (Lipinski definition) is 4. The van der Waals surface area contributed by atoms with Gasteiger partial charge in [-0.05, 0) is 46.5 Å². The first kappa shape index (κ1) is 16.9. The molecule has 0 aromatic heterocycles. The molecule has 120 valence electrons. The van der Waals surface area contributed by atoms with Crippen molar-refractivity contribution in [1.82, 2.24) is 4.72 Å². The molecular formula is C13H15BrN2O5S. The third kappa shape index (κ3) is 4.05. The summed E-state index contributed by atoms with van der Waals surface area (Å²) in [5.41, 5.74) is 1.36. The molecule has 22 heavy (non-hydrogen) atoms. The third-order valence-electron chi connectivity index (χ3n) is 3.20. The number of rotatable bonds is 6. The van der Waals surface area contributed by atoms with Crippen LogP contribution >= 0.6 is 15.9 Å². The van der Waals surface area contributed by atoms with Crippen molar-refractivity contribution in [2.45, 2.75) is 30.6 Å². The number of hydrogen-bond donors (Lipinski definition) is 3. The topological polar surface area (TPSA) is 113 Å². The van der Waals surface area contributed by atoms with Crippen LogP contribution in [-0.4, -0.2) is 31.9 Å². The Labute approximate surface area is 136 Å². The lowest BCUT2D eigenvalue weighted by Gasteiger charge is -2.19. The molecule has 0 saturated carbocycles. The molecule has 7 nitrogen and oxygen atoms in total. The van der Waals surface area contributed by atoms with Gasteiger partial charge in [0.25, 0.3) is 0 Å². The van der Waals surface area contributed by atoms with Gasteiger partial charge in [0, 0.05) is 29.5 Å². The number of anilines is 1. The van der Waals surface area contributed by atoms with Gasteiger partial charge in [0.15, 0.2) is 0 Å². The van der Waals surface area contributed by atoms with Crippen LogP contribution in [0.5, 0.6) is 0 Å². The molecular weight excluding hydrogens is 376 g/mol. The van der Waals surface area contributed by atoms with E-state index in [1.165, 1.54) is 6.07 Å². The van der Waals surface area contributed by atoms with E-state index >= 15 is 0 Å². The Morgan fingerprint density at radius 2 is 2.09 bits per heavy atom. The standard InChI is InChI=1S/C13H15BrN2O5S/c14-9-6-8-3-4-12(17)16-10(8)7-11(9)22(20,21)15-5-1-2-13(18)19/h6-7,15H,1-5H2,(H,16,17)(H,18,19). The summed E-state index contributed by atoms with van der Waals surface area (Å²) in [6, 6.07) is 3.09. The smallest absolute Gasteiger partial charge is 0.303 e. The molecule has 0 bridgehead atoms. The van der Waals surface area contributed by atoms with Crippen LogP contribution in [0.4, 0.5) is 5.69 Å². The number of carbonyl (C=O) groups excluding carboxylic acids is 1. The summed E-state index contributed by atoms with van der Waals surface area (Å²) in [5, 5.41) is 11.2. The summed E-state index contributed by atoms with van der Waals surface area (Å²) < 4.78 is 27.3. The van der Waals surface area contributed by atoms with Gasteiger partial charge in [0.2, 0.25) is 15.9 Å². The van der Waals surface area contributed by atoms with Crippen LogP contribution in [0.15, 0.2) is 21.5 Å². The van der Waals surface area contributed by atoms with Crippen molar-refractivity contribution < 1.29 is 23.1 Å². The minimum atomic E-state index is -3.78. The van der Waals surface area contributed by atoms with Gasteiger partial charge in [-0.3, -0.25) is 9.59 Å². The Morgan fingerprint density at radius 3 is 2.77 bits per heavy atom. The largest absolute Gasteiger partial charge is 0.481 e. The first-order valence-corrected chi connectivity index (χ1v) is 8.91. The van der Waals surface area contributed by atoms with Gasteiger partial charge in [-0.25, -0.2) is 13.1 Å². The maximum Gasteiger partial charge on any atom is 0.303 e. The SMILES string of the molecule is O=C(O)CCCNS(=O)(=O)c1cc2c(cc1Br)CCC(=O)N2. The number of halogens is 1. The van der Waals surface area contributed by atoms with E-state index in [1.807, 2.05) is 0 Å². The molecule has 0 atom stereocenters. The molecule has 1 amide bonds. The number of carboxylic acids is 1. The fourth-order valence-corrected chi connectivity index (χ4v) is 4.30. The van der Waals surface area contributed by atoms with E-state index in [0.29, 0.717) is 23.0 Å². The zero-order chi connectivity index (χ0) is 16.3. The van der Waals surface area contributed by atoms with Crippen molar-refractivity contribution in [2.24, 2.45) is 0 Å². The summed E-state index contributed by atoms with van der Waals surface area (Å²) in [7, 11) is -3.78. The highest BCUT2D eigenvalue weighted by atomic mass is 79.9. The highest BCUT2D eigenvalue weighted by Crippen LogP contribution is 2.31. The Kier molecular flexibility index (Phi) is 5.20. The second kappa shape index (κ2) is 6.76. The number of aryl methyl sites for hydroxylation is 1. The number of carboxylic acid groups (broad SMARTS) is 1. The molecule has 0 fully saturated rings. The molecule has 0 aliphatic carbocycles. The molecule has 1 aromatic rings. The number of fused-ring (bicyclic) bond motifs is 1. The van der Waals surface area contributed by atoms with E-state index in [0.717, 1.165) is 5.56 Å². The Hall–Kier alpha value is -1.45. The number of benzene rings is 1. The summed E-state index contributed by atoms with van der Waals surface area (Å²) >= 11 is 3.23. The second-order valence-corrected chi connectivity index (χ2v) is 7.47. The molecule has 0 unspecified atom stereocenters. The molecule has 3 N–H and O–H groups in total. The van der Waals surface area contributed by atoms with Crippen molar-refractivity contribution in [3.63, 3.8) is 0 Å². The number of aliphatic carboxylic acids is 1. The lowest BCUT2D eigenvalue weighted by molar-refractivity contribution is -0.137. The van der Waals surface area contributed by atoms with Crippen LogP contribution in [0.1, 0.15) is 24.8 Å². The van der Waals surface area contributed by atoms with Crippen molar-refractivity contribution in [3.05, 3.63) is 22.2 Å². The van der Waals surface area contributed by atoms with Gasteiger partial charge in [0.1, 0.15) is 0 Å². The molecule has 1 aliphatic heterocycles. The number of amides is 1. The van der Waals surface area contributed by atoms with Crippen LogP contribution in [0.2, 0.25) is 0 Å². The van der Waals surface area contributed by atoms with Crippen LogP contribution in [-0.2, 0) is 26.0 Å². The zero-order valence-corrected chi connectivity index (χ0v) is 14.0. The molecule has 1 aliphatic rings. The Balaban J connectivity index is 2.18. The van der Waals surface area contributed by atoms with Crippen molar-refractivity contribution >= 4 is 43.5 Å². The Bertz CT molecular complexity index is 717. The van der Waals surface area contributed by atoms with E-state index in [4.69, 9.17) is 5.11 Å². The van der Waals surface area contributed by atoms with E-state index in [1.54, 1.807) is 6.07 Å². The molecule has 0 saturated heterocycles. The van der Waals surface area contributed by atoms with Crippen LogP contribution in [0.25, 0.3) is 0 Å². The highest BCUT2D eigenvalue weighted by Gasteiger charge is 2.23. The molecule has 1 aromatic carbocycles. The Morgan fingerprint density at radius 1 is 1.36 bits per heavy atom. The first-order valence-electron chi connectivity index (χ1n) is 6.63. The number of nitrogens with one attached hydrogen (secondary N) is 2. The number of carbonyl (C=O) groups is 2. The maximum atomic E-state index is 12.3. The van der Waals surface area contributed by atoms with Crippen molar-refractivity contribution in [1.29, 1.82) is 0 Å². The van der Waals surface area contributed by atoms with Gasteiger partial charge in [-0.1, -0.05) is 0 Å². The van der Waals surface area contributed by atoms with E-state index in [-0.39, 0.29) is 30.2 Å². The maximum absolute atomic E-state index is 12.3. The fraction of sp³-hybridized carbons (Fsp3) is 0.385. The molecule has 0 radical (unpaired) electrons. The van der Waals surface area contributed by atoms with E-state index in [2.05, 4.69) is 26.0 Å². The number of sulfonamides is 1. The molecule has 2 rings (SSSR count). The average Bonchev–Trinajstić information content (AvgIpc) is 2.43. The minimum absolute atomic E-state index is 0.0174. The molecule has 9 heteroatoms. The molecule has 0 spiro atoms. The summed E-state index contributed by atoms with van der Waals surface area (Å²) in [6.45, 7) is 0.0323. The summed E-state index contributed by atoms with van der Waals surface area (Å²) in [5.74, 6) is -1.12. The highest BCUT2D eigenvalue weighted by molar-refractivity contribution is 9.10. The zero-order valence-electron chi connectivity index (χ0n) is 11.6. The summed E-state index contributed by atoms with van der Waals surface area (Å²) in [6.07, 6.45) is 1.03. The van der Waals surface area contributed by atoms with Gasteiger partial charge >= 0.3 is 5.97 Å². The fourth-order valence-electron chi connectivity index (χ4n) is 2.11. The van der Waals surface area contributed by atoms with E-state index in [9.17, 15) is 18.0 Å².